The molecule has 3 rings (SSSR count). The van der Waals surface area contributed by atoms with Gasteiger partial charge in [0.25, 0.3) is 5.91 Å². The van der Waals surface area contributed by atoms with Crippen LogP contribution in [0.1, 0.15) is 27.9 Å². The van der Waals surface area contributed by atoms with E-state index in [4.69, 9.17) is 4.84 Å². The Morgan fingerprint density at radius 1 is 1.15 bits per heavy atom. The Kier molecular flexibility index (Phi) is 5.80. The molecule has 1 heterocycles. The summed E-state index contributed by atoms with van der Waals surface area (Å²) >= 11 is 0. The molecular formula is C20H19FN2O4. The van der Waals surface area contributed by atoms with Crippen LogP contribution in [0, 0.1) is 5.82 Å². The molecule has 1 atom stereocenters. The summed E-state index contributed by atoms with van der Waals surface area (Å²) in [6.45, 7) is 0.313. The van der Waals surface area contributed by atoms with E-state index < -0.39 is 12.1 Å². The number of nitrogens with one attached hydrogen (secondary N) is 1. The van der Waals surface area contributed by atoms with E-state index in [1.807, 2.05) is 0 Å². The lowest BCUT2D eigenvalue weighted by Gasteiger charge is -2.10. The van der Waals surface area contributed by atoms with Gasteiger partial charge in [0.1, 0.15) is 5.82 Å². The molecule has 0 unspecified atom stereocenters. The first kappa shape index (κ1) is 18.6. The van der Waals surface area contributed by atoms with Crippen LogP contribution in [-0.2, 0) is 27.3 Å². The quantitative estimate of drug-likeness (QED) is 0.793. The standard InChI is InChI=1S/C20H19FN2O4/c1-26-20(25)15-6-2-14(3-7-15)12-22-19(24)18-11-17(23-27-18)10-13-4-8-16(21)9-5-13/h2-9,18H,10-12H2,1H3,(H,22,24)/t18-/m1/s1. The molecule has 2 aromatic rings. The van der Waals surface area contributed by atoms with Crippen LogP contribution in [0.3, 0.4) is 0 Å². The molecule has 6 nitrogen and oxygen atoms in total. The first-order valence-corrected chi connectivity index (χ1v) is 8.46. The van der Waals surface area contributed by atoms with Gasteiger partial charge < -0.3 is 14.9 Å². The highest BCUT2D eigenvalue weighted by atomic mass is 19.1. The lowest BCUT2D eigenvalue weighted by Crippen LogP contribution is -2.34. The number of rotatable bonds is 6. The van der Waals surface area contributed by atoms with Crippen LogP contribution in [0.15, 0.2) is 53.7 Å². The van der Waals surface area contributed by atoms with Crippen molar-refractivity contribution in [2.24, 2.45) is 5.16 Å². The van der Waals surface area contributed by atoms with Gasteiger partial charge in [-0.2, -0.15) is 0 Å². The highest BCUT2D eigenvalue weighted by Gasteiger charge is 2.27. The van der Waals surface area contributed by atoms with E-state index in [0.29, 0.717) is 24.9 Å². The van der Waals surface area contributed by atoms with Crippen molar-refractivity contribution in [2.75, 3.05) is 7.11 Å². The molecule has 0 saturated carbocycles. The number of carbonyl (C=O) groups excluding carboxylic acids is 2. The van der Waals surface area contributed by atoms with E-state index in [0.717, 1.165) is 16.8 Å². The van der Waals surface area contributed by atoms with Gasteiger partial charge in [0.15, 0.2) is 0 Å². The second-order valence-electron chi connectivity index (χ2n) is 6.17. The molecule has 0 radical (unpaired) electrons. The highest BCUT2D eigenvalue weighted by Crippen LogP contribution is 2.15. The van der Waals surface area contributed by atoms with Crippen LogP contribution in [0.25, 0.3) is 0 Å². The Labute approximate surface area is 156 Å². The molecule has 0 aromatic heterocycles. The summed E-state index contributed by atoms with van der Waals surface area (Å²) in [5.41, 5.74) is 2.95. The first-order valence-electron chi connectivity index (χ1n) is 8.46. The van der Waals surface area contributed by atoms with Crippen molar-refractivity contribution in [3.05, 3.63) is 71.0 Å². The van der Waals surface area contributed by atoms with Crippen molar-refractivity contribution in [3.63, 3.8) is 0 Å². The number of esters is 1. The van der Waals surface area contributed by atoms with Crippen LogP contribution in [-0.4, -0.2) is 30.8 Å². The Hall–Kier alpha value is -3.22. The number of benzene rings is 2. The summed E-state index contributed by atoms with van der Waals surface area (Å²) in [7, 11) is 1.32. The fourth-order valence-electron chi connectivity index (χ4n) is 2.69. The second kappa shape index (κ2) is 8.44. The van der Waals surface area contributed by atoms with E-state index in [1.54, 1.807) is 36.4 Å². The predicted octanol–water partition coefficient (Wildman–Crippen LogP) is 2.62. The molecule has 1 aliphatic heterocycles. The number of ether oxygens (including phenoxy) is 1. The molecule has 7 heteroatoms. The molecule has 0 bridgehead atoms. The summed E-state index contributed by atoms with van der Waals surface area (Å²) in [6, 6.07) is 12.9. The third kappa shape index (κ3) is 4.91. The average Bonchev–Trinajstić information content (AvgIpc) is 3.16. The molecule has 1 amide bonds. The van der Waals surface area contributed by atoms with Gasteiger partial charge in [-0.1, -0.05) is 29.4 Å². The maximum atomic E-state index is 12.9. The van der Waals surface area contributed by atoms with Gasteiger partial charge >= 0.3 is 5.97 Å². The predicted molar refractivity (Wildman–Crippen MR) is 96.7 cm³/mol. The summed E-state index contributed by atoms with van der Waals surface area (Å²) < 4.78 is 17.6. The van der Waals surface area contributed by atoms with Crippen molar-refractivity contribution < 1.29 is 23.6 Å². The van der Waals surface area contributed by atoms with Crippen molar-refractivity contribution in [3.8, 4) is 0 Å². The fourth-order valence-corrected chi connectivity index (χ4v) is 2.69. The van der Waals surface area contributed by atoms with Gasteiger partial charge in [0, 0.05) is 19.4 Å². The smallest absolute Gasteiger partial charge is 0.337 e. The molecule has 0 fully saturated rings. The van der Waals surface area contributed by atoms with E-state index in [1.165, 1.54) is 19.2 Å². The number of oxime groups is 1. The molecule has 0 aliphatic carbocycles. The zero-order valence-corrected chi connectivity index (χ0v) is 14.8. The number of carbonyl (C=O) groups is 2. The van der Waals surface area contributed by atoms with Crippen LogP contribution >= 0.6 is 0 Å². The van der Waals surface area contributed by atoms with Crippen molar-refractivity contribution in [1.29, 1.82) is 0 Å². The van der Waals surface area contributed by atoms with Crippen LogP contribution in [0.5, 0.6) is 0 Å². The zero-order chi connectivity index (χ0) is 19.2. The van der Waals surface area contributed by atoms with E-state index in [2.05, 4.69) is 15.2 Å². The minimum Gasteiger partial charge on any atom is -0.465 e. The number of methoxy groups -OCH3 is 1. The highest BCUT2D eigenvalue weighted by molar-refractivity contribution is 5.94. The topological polar surface area (TPSA) is 77.0 Å². The third-order valence-corrected chi connectivity index (χ3v) is 4.19. The summed E-state index contributed by atoms with van der Waals surface area (Å²) in [4.78, 5) is 28.9. The van der Waals surface area contributed by atoms with Gasteiger partial charge in [0.05, 0.1) is 18.4 Å². The van der Waals surface area contributed by atoms with Gasteiger partial charge in [-0.05, 0) is 35.4 Å². The minimum absolute atomic E-state index is 0.259. The van der Waals surface area contributed by atoms with E-state index in [-0.39, 0.29) is 11.7 Å². The second-order valence-corrected chi connectivity index (χ2v) is 6.17. The molecule has 27 heavy (non-hydrogen) atoms. The van der Waals surface area contributed by atoms with E-state index >= 15 is 0 Å². The van der Waals surface area contributed by atoms with Crippen LogP contribution < -0.4 is 5.32 Å². The Morgan fingerprint density at radius 3 is 2.48 bits per heavy atom. The molecule has 0 saturated heterocycles. The van der Waals surface area contributed by atoms with Crippen molar-refractivity contribution in [1.82, 2.24) is 5.32 Å². The van der Waals surface area contributed by atoms with Gasteiger partial charge in [-0.3, -0.25) is 4.79 Å². The minimum atomic E-state index is -0.671. The summed E-state index contributed by atoms with van der Waals surface area (Å²) in [5, 5.41) is 6.75. The lowest BCUT2D eigenvalue weighted by atomic mass is 10.0. The lowest BCUT2D eigenvalue weighted by molar-refractivity contribution is -0.131. The average molecular weight is 370 g/mol. The zero-order valence-electron chi connectivity index (χ0n) is 14.8. The van der Waals surface area contributed by atoms with Crippen LogP contribution in [0.2, 0.25) is 0 Å². The summed E-state index contributed by atoms with van der Waals surface area (Å²) in [5.74, 6) is -0.957. The number of hydrogen-bond donors (Lipinski definition) is 1. The maximum absolute atomic E-state index is 12.9. The van der Waals surface area contributed by atoms with Crippen molar-refractivity contribution >= 4 is 17.6 Å². The molecule has 1 N–H and O–H groups in total. The molecule has 2 aromatic carbocycles. The molecule has 140 valence electrons. The number of hydrogen-bond acceptors (Lipinski definition) is 5. The number of halogens is 1. The Bertz CT molecular complexity index is 847. The number of nitrogens with zero attached hydrogens (tertiary/aromatic N) is 1. The summed E-state index contributed by atoms with van der Waals surface area (Å²) in [6.07, 6.45) is 0.235. The van der Waals surface area contributed by atoms with Crippen LogP contribution in [0.4, 0.5) is 4.39 Å². The largest absolute Gasteiger partial charge is 0.465 e. The fraction of sp³-hybridized carbons (Fsp3) is 0.250. The molecule has 0 spiro atoms. The third-order valence-electron chi connectivity index (χ3n) is 4.19. The Morgan fingerprint density at radius 2 is 1.81 bits per heavy atom. The Balaban J connectivity index is 1.47. The van der Waals surface area contributed by atoms with Gasteiger partial charge in [-0.15, -0.1) is 0 Å². The maximum Gasteiger partial charge on any atom is 0.337 e. The first-order chi connectivity index (χ1) is 13.0. The van der Waals surface area contributed by atoms with Crippen molar-refractivity contribution in [2.45, 2.75) is 25.5 Å². The van der Waals surface area contributed by atoms with Gasteiger partial charge in [0.2, 0.25) is 6.10 Å². The van der Waals surface area contributed by atoms with E-state index in [9.17, 15) is 14.0 Å². The molecular weight excluding hydrogens is 351 g/mol. The monoisotopic (exact) mass is 370 g/mol. The SMILES string of the molecule is COC(=O)c1ccc(CNC(=O)[C@H]2CC(Cc3ccc(F)cc3)=NO2)cc1. The van der Waals surface area contributed by atoms with Gasteiger partial charge in [-0.25, -0.2) is 9.18 Å². The normalized spacial score (nSPS) is 15.6. The number of amides is 1. The molecule has 1 aliphatic rings.